The van der Waals surface area contributed by atoms with Crippen LogP contribution in [-0.2, 0) is 23.1 Å². The minimum Gasteiger partial charge on any atom is -0.755 e. The van der Waals surface area contributed by atoms with Gasteiger partial charge in [0.05, 0.1) is 5.69 Å². The van der Waals surface area contributed by atoms with Gasteiger partial charge in [-0.3, -0.25) is 23.2 Å². The fraction of sp³-hybridized carbons (Fsp3) is 0.368. The Morgan fingerprint density at radius 2 is 2.07 bits per heavy atom. The van der Waals surface area contributed by atoms with E-state index in [2.05, 4.69) is 10.00 Å². The quantitative estimate of drug-likeness (QED) is 0.300. The van der Waals surface area contributed by atoms with Gasteiger partial charge in [0.15, 0.2) is 5.15 Å². The first kappa shape index (κ1) is 22.3. The SMILES string of the molecule is Cc1nn(C)c(Cl)c1N(C1CCN(c2ccccc2/C=C/C(=O)NO)CC1)S(=O)[O-]. The standard InChI is InChI=1S/C19H24ClN5O4S/c1-13-18(19(20)23(2)21-13)25(30(28)29)15-9-11-24(12-10-15)16-6-4-3-5-14(16)7-8-17(26)22-27/h3-8,15,27H,9-12H2,1-2H3,(H,22,26)(H,28,29)/p-1/b8-7+. The van der Waals surface area contributed by atoms with Gasteiger partial charge < -0.3 is 9.45 Å². The largest absolute Gasteiger partial charge is 0.755 e. The van der Waals surface area contributed by atoms with Crippen LogP contribution in [-0.4, -0.2) is 48.8 Å². The van der Waals surface area contributed by atoms with E-state index in [1.165, 1.54) is 15.1 Å². The second kappa shape index (κ2) is 9.61. The number of benzene rings is 1. The summed E-state index contributed by atoms with van der Waals surface area (Å²) in [6.07, 6.45) is 4.09. The molecule has 0 radical (unpaired) electrons. The number of anilines is 2. The van der Waals surface area contributed by atoms with Crippen molar-refractivity contribution in [3.63, 3.8) is 0 Å². The minimum atomic E-state index is -2.48. The molecule has 2 heterocycles. The third-order valence-electron chi connectivity index (χ3n) is 5.10. The van der Waals surface area contributed by atoms with E-state index < -0.39 is 17.2 Å². The first-order valence-corrected chi connectivity index (χ1v) is 10.8. The van der Waals surface area contributed by atoms with E-state index in [-0.39, 0.29) is 11.2 Å². The fourth-order valence-corrected chi connectivity index (χ4v) is 4.85. The second-order valence-corrected chi connectivity index (χ2v) is 8.16. The summed E-state index contributed by atoms with van der Waals surface area (Å²) < 4.78 is 26.9. The maximum absolute atomic E-state index is 12.0. The first-order chi connectivity index (χ1) is 14.3. The van der Waals surface area contributed by atoms with Crippen LogP contribution in [0, 0.1) is 6.92 Å². The fourth-order valence-electron chi connectivity index (χ4n) is 3.71. The molecule has 1 aliphatic heterocycles. The molecule has 0 aliphatic carbocycles. The van der Waals surface area contributed by atoms with Crippen molar-refractivity contribution in [1.29, 1.82) is 0 Å². The number of hydrogen-bond donors (Lipinski definition) is 2. The summed E-state index contributed by atoms with van der Waals surface area (Å²) in [7, 11) is 1.68. The zero-order chi connectivity index (χ0) is 21.8. The molecule has 1 fully saturated rings. The molecule has 30 heavy (non-hydrogen) atoms. The topological polar surface area (TPSA) is 114 Å². The van der Waals surface area contributed by atoms with Gasteiger partial charge in [0.1, 0.15) is 5.69 Å². The normalized spacial score (nSPS) is 16.1. The molecule has 1 saturated heterocycles. The predicted octanol–water partition coefficient (Wildman–Crippen LogP) is 2.17. The molecule has 1 unspecified atom stereocenters. The molecule has 1 aromatic heterocycles. The zero-order valence-corrected chi connectivity index (χ0v) is 18.2. The van der Waals surface area contributed by atoms with Crippen molar-refractivity contribution in [1.82, 2.24) is 15.3 Å². The number of amides is 1. The number of aromatic nitrogens is 2. The van der Waals surface area contributed by atoms with Crippen molar-refractivity contribution < 1.29 is 18.8 Å². The molecule has 0 bridgehead atoms. The van der Waals surface area contributed by atoms with Gasteiger partial charge in [-0.2, -0.15) is 5.10 Å². The number of nitrogens with one attached hydrogen (secondary N) is 1. The molecule has 3 rings (SSSR count). The highest BCUT2D eigenvalue weighted by atomic mass is 35.5. The van der Waals surface area contributed by atoms with Crippen molar-refractivity contribution in [2.45, 2.75) is 25.8 Å². The molecule has 1 amide bonds. The zero-order valence-electron chi connectivity index (χ0n) is 16.6. The maximum atomic E-state index is 12.0. The number of aryl methyl sites for hydroxylation is 2. The van der Waals surface area contributed by atoms with Gasteiger partial charge in [0.25, 0.3) is 5.91 Å². The van der Waals surface area contributed by atoms with E-state index in [0.29, 0.717) is 37.3 Å². The molecule has 2 aromatic rings. The first-order valence-electron chi connectivity index (χ1n) is 9.37. The third-order valence-corrected chi connectivity index (χ3v) is 6.33. The monoisotopic (exact) mass is 452 g/mol. The number of piperidine rings is 1. The lowest BCUT2D eigenvalue weighted by atomic mass is 10.0. The molecule has 1 atom stereocenters. The van der Waals surface area contributed by atoms with Crippen LogP contribution in [0.25, 0.3) is 6.08 Å². The summed E-state index contributed by atoms with van der Waals surface area (Å²) >= 11 is 3.83. The summed E-state index contributed by atoms with van der Waals surface area (Å²) in [5.41, 5.74) is 4.31. The Morgan fingerprint density at radius 3 is 2.63 bits per heavy atom. The lowest BCUT2D eigenvalue weighted by Crippen LogP contribution is -2.46. The van der Waals surface area contributed by atoms with Crippen LogP contribution in [0.3, 0.4) is 0 Å². The van der Waals surface area contributed by atoms with Crippen LogP contribution in [0.1, 0.15) is 24.1 Å². The number of halogens is 1. The van der Waals surface area contributed by atoms with Crippen LogP contribution in [0.15, 0.2) is 30.3 Å². The Hall–Kier alpha value is -2.40. The summed E-state index contributed by atoms with van der Waals surface area (Å²) in [6.45, 7) is 3.00. The number of nitrogens with zero attached hydrogens (tertiary/aromatic N) is 4. The number of hydrogen-bond acceptors (Lipinski definition) is 6. The Labute approximate surface area is 182 Å². The Morgan fingerprint density at radius 1 is 1.40 bits per heavy atom. The van der Waals surface area contributed by atoms with E-state index in [1.807, 2.05) is 24.3 Å². The summed E-state index contributed by atoms with van der Waals surface area (Å²) in [6, 6.07) is 7.36. The third kappa shape index (κ3) is 4.67. The second-order valence-electron chi connectivity index (χ2n) is 6.98. The molecule has 9 nitrogen and oxygen atoms in total. The molecular weight excluding hydrogens is 430 g/mol. The van der Waals surface area contributed by atoms with Crippen molar-refractivity contribution in [2.24, 2.45) is 7.05 Å². The smallest absolute Gasteiger partial charge is 0.267 e. The highest BCUT2D eigenvalue weighted by Gasteiger charge is 2.30. The minimum absolute atomic E-state index is 0.233. The Balaban J connectivity index is 1.78. The van der Waals surface area contributed by atoms with E-state index in [9.17, 15) is 13.6 Å². The predicted molar refractivity (Wildman–Crippen MR) is 115 cm³/mol. The molecule has 1 aromatic carbocycles. The van der Waals surface area contributed by atoms with Gasteiger partial charge in [-0.25, -0.2) is 5.48 Å². The van der Waals surface area contributed by atoms with Gasteiger partial charge in [0, 0.05) is 49.2 Å². The molecule has 0 spiro atoms. The maximum Gasteiger partial charge on any atom is 0.267 e. The molecule has 1 aliphatic rings. The van der Waals surface area contributed by atoms with Gasteiger partial charge in [-0.15, -0.1) is 0 Å². The number of carbonyl (C=O) groups is 1. The van der Waals surface area contributed by atoms with Crippen molar-refractivity contribution in [2.75, 3.05) is 22.3 Å². The average molecular weight is 453 g/mol. The molecule has 11 heteroatoms. The van der Waals surface area contributed by atoms with E-state index >= 15 is 0 Å². The van der Waals surface area contributed by atoms with E-state index in [1.54, 1.807) is 25.5 Å². The lowest BCUT2D eigenvalue weighted by molar-refractivity contribution is -0.124. The van der Waals surface area contributed by atoms with Crippen LogP contribution >= 0.6 is 11.6 Å². The summed E-state index contributed by atoms with van der Waals surface area (Å²) in [5.74, 6) is -0.610. The van der Waals surface area contributed by atoms with Gasteiger partial charge >= 0.3 is 0 Å². The lowest BCUT2D eigenvalue weighted by Gasteiger charge is -2.41. The van der Waals surface area contributed by atoms with Crippen molar-refractivity contribution >= 4 is 46.2 Å². The van der Waals surface area contributed by atoms with Crippen molar-refractivity contribution in [3.05, 3.63) is 46.8 Å². The summed E-state index contributed by atoms with van der Waals surface area (Å²) in [5, 5.41) is 13.2. The van der Waals surface area contributed by atoms with Crippen LogP contribution in [0.2, 0.25) is 5.15 Å². The summed E-state index contributed by atoms with van der Waals surface area (Å²) in [4.78, 5) is 13.5. The van der Waals surface area contributed by atoms with Crippen molar-refractivity contribution in [3.8, 4) is 0 Å². The van der Waals surface area contributed by atoms with E-state index in [4.69, 9.17) is 16.8 Å². The Bertz CT molecular complexity index is 972. The van der Waals surface area contributed by atoms with Gasteiger partial charge in [0.2, 0.25) is 0 Å². The van der Waals surface area contributed by atoms with Crippen LogP contribution < -0.4 is 14.7 Å². The highest BCUT2D eigenvalue weighted by Crippen LogP contribution is 2.35. The number of hydroxylamine groups is 1. The van der Waals surface area contributed by atoms with E-state index in [0.717, 1.165) is 11.3 Å². The molecule has 0 saturated carbocycles. The van der Waals surface area contributed by atoms with Gasteiger partial charge in [-0.05, 0) is 37.5 Å². The van der Waals surface area contributed by atoms with Crippen LogP contribution in [0.5, 0.6) is 0 Å². The highest BCUT2D eigenvalue weighted by molar-refractivity contribution is 7.80. The number of carbonyl (C=O) groups excluding carboxylic acids is 1. The molecule has 2 N–H and O–H groups in total. The Kier molecular flexibility index (Phi) is 7.14. The van der Waals surface area contributed by atoms with Crippen LogP contribution in [0.4, 0.5) is 11.4 Å². The number of rotatable bonds is 6. The molecule has 162 valence electrons. The molecular formula is C19H23ClN5O4S-. The van der Waals surface area contributed by atoms with Gasteiger partial charge in [-0.1, -0.05) is 29.8 Å². The number of para-hydroxylation sites is 1. The average Bonchev–Trinajstić information content (AvgIpc) is 2.99.